The van der Waals surface area contributed by atoms with Crippen LogP contribution >= 0.6 is 0 Å². The number of phenolic OH excluding ortho intramolecular Hbond substituents is 1. The highest BCUT2D eigenvalue weighted by Gasteiger charge is 2.42. The highest BCUT2D eigenvalue weighted by Crippen LogP contribution is 2.46. The van der Waals surface area contributed by atoms with E-state index in [-0.39, 0.29) is 49.2 Å². The fourth-order valence-corrected chi connectivity index (χ4v) is 11.4. The Balaban J connectivity index is 1.28. The number of hydrazine groups is 1. The summed E-state index contributed by atoms with van der Waals surface area (Å²) in [6.07, 6.45) is 3.93. The Kier molecular flexibility index (Phi) is 16.4. The molecule has 3 N–H and O–H groups in total. The monoisotopic (exact) mass is 1010 g/mol. The zero-order valence-electron chi connectivity index (χ0n) is 44.9. The molecule has 4 aliphatic heterocycles. The number of methoxy groups -OCH3 is 2. The van der Waals surface area contributed by atoms with Gasteiger partial charge >= 0.3 is 5.97 Å². The number of aryl methyl sites for hydroxylation is 1. The molecular weight excluding hydrogens is 929 g/mol. The van der Waals surface area contributed by atoms with Crippen molar-refractivity contribution in [3.05, 3.63) is 59.4 Å². The minimum Gasteiger partial charge on any atom is -0.508 e. The summed E-state index contributed by atoms with van der Waals surface area (Å²) in [6.45, 7) is 19.2. The van der Waals surface area contributed by atoms with Gasteiger partial charge in [0.05, 0.1) is 48.6 Å². The molecule has 3 amide bonds. The lowest BCUT2D eigenvalue weighted by Crippen LogP contribution is -2.62. The maximum atomic E-state index is 14.9. The van der Waals surface area contributed by atoms with E-state index in [9.17, 15) is 24.3 Å². The van der Waals surface area contributed by atoms with Crippen molar-refractivity contribution in [2.75, 3.05) is 79.2 Å². The van der Waals surface area contributed by atoms with Crippen LogP contribution in [-0.2, 0) is 52.8 Å². The van der Waals surface area contributed by atoms with Crippen LogP contribution < -0.4 is 20.4 Å². The maximum absolute atomic E-state index is 14.9. The van der Waals surface area contributed by atoms with Crippen molar-refractivity contribution in [3.8, 4) is 33.9 Å². The molecule has 73 heavy (non-hydrogen) atoms. The number of amides is 3. The summed E-state index contributed by atoms with van der Waals surface area (Å²) in [4.78, 5) is 69.0. The van der Waals surface area contributed by atoms with Crippen molar-refractivity contribution in [2.45, 2.75) is 124 Å². The number of piperazine rings is 1. The second-order valence-corrected chi connectivity index (χ2v) is 21.7. The van der Waals surface area contributed by atoms with Gasteiger partial charge in [0.1, 0.15) is 35.7 Å². The number of carbonyl (C=O) groups is 4. The number of phenols is 1. The summed E-state index contributed by atoms with van der Waals surface area (Å²) >= 11 is 0. The molecule has 0 aliphatic carbocycles. The Hall–Kier alpha value is -5.75. The summed E-state index contributed by atoms with van der Waals surface area (Å²) in [7, 11) is 7.09. The number of anilines is 1. The Labute approximate surface area is 430 Å². The van der Waals surface area contributed by atoms with E-state index in [2.05, 4.69) is 65.1 Å². The predicted octanol–water partition coefficient (Wildman–Crippen LogP) is 6.51. The van der Waals surface area contributed by atoms with Crippen molar-refractivity contribution in [2.24, 2.45) is 17.3 Å². The van der Waals surface area contributed by atoms with Crippen molar-refractivity contribution >= 4 is 40.3 Å². The second kappa shape index (κ2) is 22.4. The molecule has 8 rings (SSSR count). The first-order valence-electron chi connectivity index (χ1n) is 26.3. The highest BCUT2D eigenvalue weighted by atomic mass is 16.5. The molecule has 17 heteroatoms. The lowest BCUT2D eigenvalue weighted by Gasteiger charge is -2.37. The number of benzene rings is 2. The molecule has 6 bridgehead atoms. The van der Waals surface area contributed by atoms with Crippen LogP contribution in [0.1, 0.15) is 97.1 Å². The van der Waals surface area contributed by atoms with Crippen molar-refractivity contribution in [1.29, 1.82) is 0 Å². The van der Waals surface area contributed by atoms with Crippen molar-refractivity contribution < 1.29 is 43.2 Å². The maximum Gasteiger partial charge on any atom is 0.324 e. The third kappa shape index (κ3) is 11.2. The van der Waals surface area contributed by atoms with E-state index < -0.39 is 47.4 Å². The number of pyridine rings is 1. The van der Waals surface area contributed by atoms with Gasteiger partial charge in [-0.25, -0.2) is 5.43 Å². The van der Waals surface area contributed by atoms with Gasteiger partial charge in [-0.05, 0) is 99.4 Å². The number of nitrogens with one attached hydrogen (secondary N) is 2. The molecule has 6 heterocycles. The normalized spacial score (nSPS) is 22.7. The molecule has 396 valence electrons. The third-order valence-corrected chi connectivity index (χ3v) is 15.6. The quantitative estimate of drug-likeness (QED) is 0.131. The van der Waals surface area contributed by atoms with Crippen LogP contribution in [0.4, 0.5) is 5.69 Å². The number of ether oxygens (including phenoxy) is 4. The van der Waals surface area contributed by atoms with Gasteiger partial charge in [-0.3, -0.25) is 29.2 Å². The number of carbonyl (C=O) groups excluding carboxylic acids is 4. The number of hydrogen-bond acceptors (Lipinski definition) is 13. The molecule has 2 unspecified atom stereocenters. The van der Waals surface area contributed by atoms with Gasteiger partial charge in [-0.2, -0.15) is 0 Å². The molecule has 4 aromatic rings. The largest absolute Gasteiger partial charge is 0.508 e. The van der Waals surface area contributed by atoms with E-state index in [1.165, 1.54) is 9.91 Å². The minimum absolute atomic E-state index is 0.0249. The average molecular weight is 1010 g/mol. The number of nitrogens with zero attached hydrogens (tertiary/aromatic N) is 6. The topological polar surface area (TPSA) is 180 Å². The molecule has 0 radical (unpaired) electrons. The van der Waals surface area contributed by atoms with E-state index in [1.807, 2.05) is 46.0 Å². The Morgan fingerprint density at radius 3 is 2.44 bits per heavy atom. The van der Waals surface area contributed by atoms with Crippen LogP contribution in [0.5, 0.6) is 11.5 Å². The molecule has 17 nitrogen and oxygen atoms in total. The number of likely N-dealkylation sites (N-methyl/N-ethyl adjacent to an activating group) is 2. The summed E-state index contributed by atoms with van der Waals surface area (Å²) in [5, 5.41) is 17.0. The molecular formula is C56H78N8O9. The lowest BCUT2D eigenvalue weighted by molar-refractivity contribution is -0.155. The number of cyclic esters (lactones) is 1. The van der Waals surface area contributed by atoms with E-state index in [4.69, 9.17) is 23.9 Å². The number of aromatic nitrogens is 2. The Morgan fingerprint density at radius 1 is 1.00 bits per heavy atom. The van der Waals surface area contributed by atoms with Crippen molar-refractivity contribution in [3.63, 3.8) is 0 Å². The van der Waals surface area contributed by atoms with E-state index in [0.717, 1.165) is 78.1 Å². The van der Waals surface area contributed by atoms with Gasteiger partial charge in [0.15, 0.2) is 0 Å². The van der Waals surface area contributed by atoms with Gasteiger partial charge in [0.2, 0.25) is 5.91 Å². The van der Waals surface area contributed by atoms with Crippen LogP contribution in [0, 0.1) is 17.3 Å². The predicted molar refractivity (Wildman–Crippen MR) is 281 cm³/mol. The second-order valence-electron chi connectivity index (χ2n) is 21.7. The number of esters is 1. The van der Waals surface area contributed by atoms with Gasteiger partial charge in [0, 0.05) is 94.4 Å². The highest BCUT2D eigenvalue weighted by molar-refractivity contribution is 5.98. The van der Waals surface area contributed by atoms with Crippen LogP contribution in [0.2, 0.25) is 0 Å². The first kappa shape index (κ1) is 53.5. The SMILES string of the molecule is CCC1CCO[C@H]1C(=O)N(C)[C@H](C(=O)N[C@H]1Cc2cc(O)cc(c2)-c2cc3c(c(-c4cc(N5CCN(C)CC5)cnc4[C@H](C)OC)n(CC)c3cc2OC)CC(C)(C)COC(=O)C2CCCN(N2)C1=O)C(C)C. The number of rotatable bonds is 12. The molecule has 0 spiro atoms. The van der Waals surface area contributed by atoms with Gasteiger partial charge in [-0.15, -0.1) is 0 Å². The number of aromatic hydroxyl groups is 1. The molecule has 2 aromatic carbocycles. The van der Waals surface area contributed by atoms with Gasteiger partial charge in [-0.1, -0.05) is 47.1 Å². The van der Waals surface area contributed by atoms with E-state index in [1.54, 1.807) is 33.4 Å². The van der Waals surface area contributed by atoms with E-state index in [0.29, 0.717) is 54.9 Å². The fraction of sp³-hybridized carbons (Fsp3) is 0.589. The fourth-order valence-electron chi connectivity index (χ4n) is 11.4. The summed E-state index contributed by atoms with van der Waals surface area (Å²) in [5.41, 5.74) is 10.2. The molecule has 0 saturated carbocycles. The Morgan fingerprint density at radius 2 is 1.75 bits per heavy atom. The van der Waals surface area contributed by atoms with Crippen LogP contribution in [-0.4, -0.2) is 152 Å². The molecule has 6 atom stereocenters. The summed E-state index contributed by atoms with van der Waals surface area (Å²) < 4.78 is 26.7. The first-order valence-corrected chi connectivity index (χ1v) is 26.3. The molecule has 3 saturated heterocycles. The average Bonchev–Trinajstić information content (AvgIpc) is 3.98. The molecule has 2 aromatic heterocycles. The van der Waals surface area contributed by atoms with Gasteiger partial charge in [0.25, 0.3) is 11.8 Å². The smallest absolute Gasteiger partial charge is 0.324 e. The Bertz CT molecular complexity index is 2680. The van der Waals surface area contributed by atoms with Crippen LogP contribution in [0.15, 0.2) is 42.6 Å². The van der Waals surface area contributed by atoms with Crippen LogP contribution in [0.3, 0.4) is 0 Å². The van der Waals surface area contributed by atoms with Crippen molar-refractivity contribution in [1.82, 2.24) is 35.1 Å². The molecule has 3 fully saturated rings. The minimum atomic E-state index is -1.17. The van der Waals surface area contributed by atoms with Gasteiger partial charge < -0.3 is 48.6 Å². The number of hydrogen-bond donors (Lipinski definition) is 3. The first-order chi connectivity index (χ1) is 34.9. The zero-order valence-corrected chi connectivity index (χ0v) is 44.9. The number of fused-ring (bicyclic) bond motifs is 6. The third-order valence-electron chi connectivity index (χ3n) is 15.6. The zero-order chi connectivity index (χ0) is 52.5. The van der Waals surface area contributed by atoms with Crippen LogP contribution in [0.25, 0.3) is 33.3 Å². The summed E-state index contributed by atoms with van der Waals surface area (Å²) in [6, 6.07) is 8.68. The van der Waals surface area contributed by atoms with E-state index >= 15 is 0 Å². The summed E-state index contributed by atoms with van der Waals surface area (Å²) in [5.74, 6) is -1.47. The molecule has 4 aliphatic rings. The standard InChI is InChI=1S/C56H78N8O9/c1-12-36-16-22-72-51(36)54(68)61(9)49(33(3)4)52(66)58-45-25-35-23-37(26-39(65)24-35)40-28-41-43(30-56(6,7)32-73-55(69)44-15-14-17-64(59-44)53(45)67)50(63(13-2)46(41)29-47(40)71-11)42-27-38(31-57-48(42)34(5)70-10)62-20-18-60(8)19-21-62/h23-24,26-29,31,33-34,36,44-45,49,51,59,65H,12-22,25,30,32H2,1-11H3,(H,58,66)/t34-,36?,44?,45-,49-,51+/m0/s1. The lowest BCUT2D eigenvalue weighted by atomic mass is 9.84.